The first-order valence-electron chi connectivity index (χ1n) is 8.72. The number of aryl methyl sites for hydroxylation is 2. The smallest absolute Gasteiger partial charge is 0.227 e. The minimum Gasteiger partial charge on any atom is -0.353 e. The van der Waals surface area contributed by atoms with Crippen LogP contribution in [0.4, 0.5) is 5.69 Å². The van der Waals surface area contributed by atoms with Gasteiger partial charge in [-0.2, -0.15) is 0 Å². The summed E-state index contributed by atoms with van der Waals surface area (Å²) in [6, 6.07) is 6.35. The molecule has 1 heterocycles. The number of hydrogen-bond donors (Lipinski definition) is 1. The van der Waals surface area contributed by atoms with Crippen LogP contribution in [-0.4, -0.2) is 24.4 Å². The van der Waals surface area contributed by atoms with E-state index < -0.39 is 0 Å². The number of benzene rings is 1. The molecule has 23 heavy (non-hydrogen) atoms. The summed E-state index contributed by atoms with van der Waals surface area (Å²) in [4.78, 5) is 26.6. The first-order valence-corrected chi connectivity index (χ1v) is 8.72. The fourth-order valence-electron chi connectivity index (χ4n) is 3.59. The van der Waals surface area contributed by atoms with Crippen LogP contribution in [0.15, 0.2) is 18.2 Å². The molecule has 1 saturated heterocycles. The van der Waals surface area contributed by atoms with Crippen LogP contribution < -0.4 is 10.2 Å². The largest absolute Gasteiger partial charge is 0.353 e. The van der Waals surface area contributed by atoms with Crippen molar-refractivity contribution in [2.24, 2.45) is 5.92 Å². The Morgan fingerprint density at radius 1 is 1.13 bits per heavy atom. The molecule has 1 aliphatic carbocycles. The summed E-state index contributed by atoms with van der Waals surface area (Å²) >= 11 is 0. The normalized spacial score (nSPS) is 22.4. The molecule has 0 bridgehead atoms. The van der Waals surface area contributed by atoms with Crippen molar-refractivity contribution >= 4 is 17.5 Å². The Morgan fingerprint density at radius 2 is 1.87 bits per heavy atom. The van der Waals surface area contributed by atoms with Gasteiger partial charge in [0, 0.05) is 24.7 Å². The Labute approximate surface area is 138 Å². The molecule has 1 N–H and O–H groups in total. The SMILES string of the molecule is Cc1ccc(N2C[C@@H](C(=O)NC3CCCCC3)CC2=O)cc1C. The standard InChI is InChI=1S/C19H26N2O2/c1-13-8-9-17(10-14(13)2)21-12-15(11-18(21)22)19(23)20-16-6-4-3-5-7-16/h8-10,15-16H,3-7,11-12H2,1-2H3,(H,20,23)/t15-/m0/s1. The maximum absolute atomic E-state index is 12.5. The van der Waals surface area contributed by atoms with Gasteiger partial charge in [0.1, 0.15) is 0 Å². The zero-order valence-electron chi connectivity index (χ0n) is 14.1. The number of rotatable bonds is 3. The summed E-state index contributed by atoms with van der Waals surface area (Å²) in [5.41, 5.74) is 3.29. The number of anilines is 1. The fraction of sp³-hybridized carbons (Fsp3) is 0.579. The van der Waals surface area contributed by atoms with Crippen LogP contribution in [0.5, 0.6) is 0 Å². The molecule has 4 heteroatoms. The monoisotopic (exact) mass is 314 g/mol. The predicted molar refractivity (Wildman–Crippen MR) is 91.4 cm³/mol. The van der Waals surface area contributed by atoms with Gasteiger partial charge in [0.2, 0.25) is 11.8 Å². The lowest BCUT2D eigenvalue weighted by Crippen LogP contribution is -2.40. The molecule has 0 aromatic heterocycles. The summed E-state index contributed by atoms with van der Waals surface area (Å²) in [6.45, 7) is 4.61. The molecule has 1 aromatic rings. The highest BCUT2D eigenvalue weighted by Crippen LogP contribution is 2.27. The summed E-state index contributed by atoms with van der Waals surface area (Å²) in [6.07, 6.45) is 6.15. The minimum atomic E-state index is -0.217. The molecule has 1 saturated carbocycles. The van der Waals surface area contributed by atoms with Crippen LogP contribution in [0.2, 0.25) is 0 Å². The van der Waals surface area contributed by atoms with E-state index in [4.69, 9.17) is 0 Å². The Hall–Kier alpha value is -1.84. The van der Waals surface area contributed by atoms with E-state index in [2.05, 4.69) is 12.2 Å². The van der Waals surface area contributed by atoms with Crippen molar-refractivity contribution in [2.45, 2.75) is 58.4 Å². The highest BCUT2D eigenvalue weighted by atomic mass is 16.2. The second-order valence-electron chi connectivity index (χ2n) is 7.02. The zero-order chi connectivity index (χ0) is 16.4. The lowest BCUT2D eigenvalue weighted by Gasteiger charge is -2.24. The molecule has 1 aliphatic heterocycles. The lowest BCUT2D eigenvalue weighted by atomic mass is 9.95. The van der Waals surface area contributed by atoms with Crippen molar-refractivity contribution in [3.8, 4) is 0 Å². The maximum atomic E-state index is 12.5. The summed E-state index contributed by atoms with van der Waals surface area (Å²) in [7, 11) is 0. The fourth-order valence-corrected chi connectivity index (χ4v) is 3.59. The van der Waals surface area contributed by atoms with Gasteiger partial charge in [-0.1, -0.05) is 25.3 Å². The molecule has 1 atom stereocenters. The third-order valence-corrected chi connectivity index (χ3v) is 5.25. The van der Waals surface area contributed by atoms with E-state index in [1.54, 1.807) is 4.90 Å². The predicted octanol–water partition coefficient (Wildman–Crippen LogP) is 3.11. The first kappa shape index (κ1) is 16.0. The first-order chi connectivity index (χ1) is 11.0. The van der Waals surface area contributed by atoms with E-state index in [1.165, 1.54) is 30.4 Å². The number of amides is 2. The van der Waals surface area contributed by atoms with Gasteiger partial charge < -0.3 is 10.2 Å². The second kappa shape index (κ2) is 6.73. The maximum Gasteiger partial charge on any atom is 0.227 e. The van der Waals surface area contributed by atoms with E-state index in [0.717, 1.165) is 18.5 Å². The van der Waals surface area contributed by atoms with Crippen LogP contribution in [0.3, 0.4) is 0 Å². The molecule has 2 amide bonds. The van der Waals surface area contributed by atoms with Gasteiger partial charge in [-0.05, 0) is 49.9 Å². The zero-order valence-corrected chi connectivity index (χ0v) is 14.1. The highest BCUT2D eigenvalue weighted by Gasteiger charge is 2.35. The lowest BCUT2D eigenvalue weighted by molar-refractivity contribution is -0.127. The highest BCUT2D eigenvalue weighted by molar-refractivity contribution is 6.00. The summed E-state index contributed by atoms with van der Waals surface area (Å²) in [5, 5.41) is 3.16. The van der Waals surface area contributed by atoms with Gasteiger partial charge in [-0.25, -0.2) is 0 Å². The van der Waals surface area contributed by atoms with Crippen LogP contribution >= 0.6 is 0 Å². The van der Waals surface area contributed by atoms with Crippen molar-refractivity contribution in [1.82, 2.24) is 5.32 Å². The van der Waals surface area contributed by atoms with Gasteiger partial charge in [0.15, 0.2) is 0 Å². The molecule has 0 spiro atoms. The molecular formula is C19H26N2O2. The average molecular weight is 314 g/mol. The molecule has 2 fully saturated rings. The summed E-state index contributed by atoms with van der Waals surface area (Å²) in [5.74, 6) is -0.111. The molecule has 2 aliphatic rings. The summed E-state index contributed by atoms with van der Waals surface area (Å²) < 4.78 is 0. The number of hydrogen-bond acceptors (Lipinski definition) is 2. The van der Waals surface area contributed by atoms with Crippen molar-refractivity contribution in [2.75, 3.05) is 11.4 Å². The van der Waals surface area contributed by atoms with Crippen LogP contribution in [0.25, 0.3) is 0 Å². The molecule has 124 valence electrons. The Balaban J connectivity index is 1.64. The van der Waals surface area contributed by atoms with Gasteiger partial charge >= 0.3 is 0 Å². The van der Waals surface area contributed by atoms with E-state index >= 15 is 0 Å². The molecule has 4 nitrogen and oxygen atoms in total. The van der Waals surface area contributed by atoms with Crippen LogP contribution in [0, 0.1) is 19.8 Å². The quantitative estimate of drug-likeness (QED) is 0.932. The molecule has 1 aromatic carbocycles. The van der Waals surface area contributed by atoms with Crippen molar-refractivity contribution in [3.63, 3.8) is 0 Å². The van der Waals surface area contributed by atoms with Crippen molar-refractivity contribution in [1.29, 1.82) is 0 Å². The molecule has 3 rings (SSSR count). The topological polar surface area (TPSA) is 49.4 Å². The third-order valence-electron chi connectivity index (χ3n) is 5.25. The van der Waals surface area contributed by atoms with Crippen LogP contribution in [-0.2, 0) is 9.59 Å². The number of nitrogens with one attached hydrogen (secondary N) is 1. The number of carbonyl (C=O) groups is 2. The number of nitrogens with zero attached hydrogens (tertiary/aromatic N) is 1. The van der Waals surface area contributed by atoms with E-state index in [9.17, 15) is 9.59 Å². The van der Waals surface area contributed by atoms with E-state index in [1.807, 2.05) is 25.1 Å². The van der Waals surface area contributed by atoms with Gasteiger partial charge in [-0.3, -0.25) is 9.59 Å². The van der Waals surface area contributed by atoms with Gasteiger partial charge in [0.05, 0.1) is 5.92 Å². The minimum absolute atomic E-state index is 0.0524. The van der Waals surface area contributed by atoms with Crippen molar-refractivity contribution in [3.05, 3.63) is 29.3 Å². The van der Waals surface area contributed by atoms with E-state index in [-0.39, 0.29) is 17.7 Å². The Kier molecular flexibility index (Phi) is 4.69. The Morgan fingerprint density at radius 3 is 2.57 bits per heavy atom. The Bertz CT molecular complexity index is 605. The molecule has 0 unspecified atom stereocenters. The van der Waals surface area contributed by atoms with Gasteiger partial charge in [0.25, 0.3) is 0 Å². The number of carbonyl (C=O) groups excluding carboxylic acids is 2. The third kappa shape index (κ3) is 3.57. The molecule has 0 radical (unpaired) electrons. The van der Waals surface area contributed by atoms with E-state index in [0.29, 0.717) is 19.0 Å². The molecular weight excluding hydrogens is 288 g/mol. The second-order valence-corrected chi connectivity index (χ2v) is 7.02. The average Bonchev–Trinajstić information content (AvgIpc) is 2.93. The van der Waals surface area contributed by atoms with Crippen molar-refractivity contribution < 1.29 is 9.59 Å². The van der Waals surface area contributed by atoms with Crippen LogP contribution in [0.1, 0.15) is 49.7 Å². The van der Waals surface area contributed by atoms with Gasteiger partial charge in [-0.15, -0.1) is 0 Å².